The fourth-order valence-corrected chi connectivity index (χ4v) is 1.18. The molecule has 4 nitrogen and oxygen atoms in total. The third-order valence-electron chi connectivity index (χ3n) is 2.34. The van der Waals surface area contributed by atoms with Crippen LogP contribution in [0, 0.1) is 5.92 Å². The average molecular weight is 203 g/mol. The lowest BCUT2D eigenvalue weighted by Crippen LogP contribution is -2.51. The number of aliphatic hydroxyl groups excluding tert-OH is 1. The Hall–Kier alpha value is -0.610. The highest BCUT2D eigenvalue weighted by Gasteiger charge is 2.26. The smallest absolute Gasteiger partial charge is 0.309 e. The van der Waals surface area contributed by atoms with Crippen molar-refractivity contribution in [2.45, 2.75) is 39.3 Å². The number of carbonyl (C=O) groups excluding carboxylic acids is 1. The molecule has 0 fully saturated rings. The fraction of sp³-hybridized carbons (Fsp3) is 0.900. The van der Waals surface area contributed by atoms with E-state index in [1.54, 1.807) is 6.92 Å². The minimum absolute atomic E-state index is 0.0235. The topological polar surface area (TPSA) is 58.6 Å². The van der Waals surface area contributed by atoms with Gasteiger partial charge in [-0.15, -0.1) is 0 Å². The van der Waals surface area contributed by atoms with Gasteiger partial charge < -0.3 is 15.2 Å². The molecule has 14 heavy (non-hydrogen) atoms. The quantitative estimate of drug-likeness (QED) is 0.640. The van der Waals surface area contributed by atoms with E-state index >= 15 is 0 Å². The highest BCUT2D eigenvalue weighted by Crippen LogP contribution is 2.09. The van der Waals surface area contributed by atoms with Crippen molar-refractivity contribution in [3.63, 3.8) is 0 Å². The van der Waals surface area contributed by atoms with Crippen LogP contribution < -0.4 is 5.32 Å². The van der Waals surface area contributed by atoms with Gasteiger partial charge in [0, 0.05) is 11.6 Å². The molecule has 0 aromatic carbocycles. The van der Waals surface area contributed by atoms with Crippen molar-refractivity contribution < 1.29 is 14.6 Å². The Morgan fingerprint density at radius 2 is 2.00 bits per heavy atom. The van der Waals surface area contributed by atoms with E-state index in [2.05, 4.69) is 10.1 Å². The van der Waals surface area contributed by atoms with Crippen LogP contribution in [0.25, 0.3) is 0 Å². The first kappa shape index (κ1) is 13.4. The number of ether oxygens (including phenoxy) is 1. The molecule has 4 heteroatoms. The van der Waals surface area contributed by atoms with Crippen molar-refractivity contribution in [1.29, 1.82) is 0 Å². The maximum Gasteiger partial charge on any atom is 0.309 e. The summed E-state index contributed by atoms with van der Waals surface area (Å²) in [6, 6.07) is -0.0235. The summed E-state index contributed by atoms with van der Waals surface area (Å²) in [4.78, 5) is 11.2. The lowest BCUT2D eigenvalue weighted by atomic mass is 9.99. The van der Waals surface area contributed by atoms with Crippen LogP contribution in [0.15, 0.2) is 0 Å². The van der Waals surface area contributed by atoms with E-state index in [0.717, 1.165) is 0 Å². The molecule has 0 rings (SSSR count). The summed E-state index contributed by atoms with van der Waals surface area (Å²) in [5, 5.41) is 12.2. The number of hydrogen-bond donors (Lipinski definition) is 2. The summed E-state index contributed by atoms with van der Waals surface area (Å²) >= 11 is 0. The summed E-state index contributed by atoms with van der Waals surface area (Å²) in [6.45, 7) is 7.50. The van der Waals surface area contributed by atoms with Crippen LogP contribution in [0.4, 0.5) is 0 Å². The van der Waals surface area contributed by atoms with E-state index < -0.39 is 0 Å². The van der Waals surface area contributed by atoms with Gasteiger partial charge in [0.05, 0.1) is 19.6 Å². The first-order valence-corrected chi connectivity index (χ1v) is 4.80. The van der Waals surface area contributed by atoms with Gasteiger partial charge in [0.1, 0.15) is 0 Å². The van der Waals surface area contributed by atoms with Crippen LogP contribution in [-0.4, -0.2) is 36.4 Å². The second-order valence-corrected chi connectivity index (χ2v) is 4.29. The highest BCUT2D eigenvalue weighted by molar-refractivity contribution is 5.72. The number of methoxy groups -OCH3 is 1. The highest BCUT2D eigenvalue weighted by atomic mass is 16.5. The van der Waals surface area contributed by atoms with Crippen LogP contribution in [0.1, 0.15) is 27.7 Å². The molecule has 84 valence electrons. The van der Waals surface area contributed by atoms with Gasteiger partial charge in [-0.2, -0.15) is 0 Å². The minimum Gasteiger partial charge on any atom is -0.469 e. The number of carbonyl (C=O) groups is 1. The predicted molar refractivity (Wildman–Crippen MR) is 54.9 cm³/mol. The monoisotopic (exact) mass is 203 g/mol. The number of rotatable bonds is 5. The van der Waals surface area contributed by atoms with Crippen molar-refractivity contribution in [2.24, 2.45) is 5.92 Å². The van der Waals surface area contributed by atoms with Crippen LogP contribution in [0.5, 0.6) is 0 Å². The van der Waals surface area contributed by atoms with Gasteiger partial charge in [-0.1, -0.05) is 6.92 Å². The van der Waals surface area contributed by atoms with Gasteiger partial charge in [0.15, 0.2) is 0 Å². The molecule has 2 unspecified atom stereocenters. The molecule has 0 saturated carbocycles. The van der Waals surface area contributed by atoms with Crippen LogP contribution in [-0.2, 0) is 9.53 Å². The van der Waals surface area contributed by atoms with Crippen LogP contribution >= 0.6 is 0 Å². The van der Waals surface area contributed by atoms with E-state index in [1.807, 2.05) is 20.8 Å². The van der Waals surface area contributed by atoms with Gasteiger partial charge in [-0.05, 0) is 20.8 Å². The number of aliphatic hydroxyl groups is 1. The van der Waals surface area contributed by atoms with E-state index in [9.17, 15) is 4.79 Å². The number of nitrogens with one attached hydrogen (secondary N) is 1. The number of hydrogen-bond acceptors (Lipinski definition) is 4. The molecule has 2 N–H and O–H groups in total. The molecule has 0 saturated heterocycles. The Bertz CT molecular complexity index is 192. The molecule has 0 spiro atoms. The molecule has 0 heterocycles. The molecule has 0 aliphatic rings. The average Bonchev–Trinajstić information content (AvgIpc) is 2.14. The maximum absolute atomic E-state index is 11.2. The summed E-state index contributed by atoms with van der Waals surface area (Å²) in [5.41, 5.74) is -0.373. The molecule has 0 bridgehead atoms. The second-order valence-electron chi connectivity index (χ2n) is 4.29. The largest absolute Gasteiger partial charge is 0.469 e. The Kier molecular flexibility index (Phi) is 5.08. The molecule has 0 amide bonds. The van der Waals surface area contributed by atoms with Gasteiger partial charge >= 0.3 is 5.97 Å². The zero-order valence-corrected chi connectivity index (χ0v) is 9.63. The maximum atomic E-state index is 11.2. The zero-order valence-electron chi connectivity index (χ0n) is 9.63. The normalized spacial score (nSPS) is 16.1. The molecule has 2 atom stereocenters. The van der Waals surface area contributed by atoms with E-state index in [1.165, 1.54) is 7.11 Å². The van der Waals surface area contributed by atoms with Gasteiger partial charge in [0.2, 0.25) is 0 Å². The van der Waals surface area contributed by atoms with Crippen molar-refractivity contribution in [3.05, 3.63) is 0 Å². The van der Waals surface area contributed by atoms with Crippen molar-refractivity contribution >= 4 is 5.97 Å². The Labute approximate surface area is 85.6 Å². The van der Waals surface area contributed by atoms with Crippen molar-refractivity contribution in [2.75, 3.05) is 13.7 Å². The summed E-state index contributed by atoms with van der Waals surface area (Å²) in [7, 11) is 1.38. The third-order valence-corrected chi connectivity index (χ3v) is 2.34. The SMILES string of the molecule is COC(=O)C(C)C(C)NC(C)(C)CO. The van der Waals surface area contributed by atoms with Crippen LogP contribution in [0.3, 0.4) is 0 Å². The van der Waals surface area contributed by atoms with E-state index in [0.29, 0.717) is 0 Å². The van der Waals surface area contributed by atoms with Gasteiger partial charge in [0.25, 0.3) is 0 Å². The second kappa shape index (κ2) is 5.32. The first-order chi connectivity index (χ1) is 6.34. The molecule has 0 aromatic heterocycles. The Morgan fingerprint density at radius 1 is 1.50 bits per heavy atom. The van der Waals surface area contributed by atoms with Gasteiger partial charge in [-0.25, -0.2) is 0 Å². The molecular weight excluding hydrogens is 182 g/mol. The lowest BCUT2D eigenvalue weighted by Gasteiger charge is -2.30. The summed E-state index contributed by atoms with van der Waals surface area (Å²) in [5.74, 6) is -0.454. The van der Waals surface area contributed by atoms with Gasteiger partial charge in [-0.3, -0.25) is 4.79 Å². The summed E-state index contributed by atoms with van der Waals surface area (Å²) < 4.78 is 4.64. The van der Waals surface area contributed by atoms with E-state index in [4.69, 9.17) is 5.11 Å². The molecule has 0 radical (unpaired) electrons. The first-order valence-electron chi connectivity index (χ1n) is 4.80. The van der Waals surface area contributed by atoms with Crippen LogP contribution in [0.2, 0.25) is 0 Å². The molecule has 0 aliphatic carbocycles. The van der Waals surface area contributed by atoms with Crippen molar-refractivity contribution in [1.82, 2.24) is 5.32 Å². The third kappa shape index (κ3) is 4.07. The molecule has 0 aliphatic heterocycles. The molecular formula is C10H21NO3. The predicted octanol–water partition coefficient (Wildman–Crippen LogP) is 0.544. The fourth-order valence-electron chi connectivity index (χ4n) is 1.18. The minimum atomic E-state index is -0.373. The number of esters is 1. The standard InChI is InChI=1S/C10H21NO3/c1-7(9(13)14-5)8(2)11-10(3,4)6-12/h7-8,11-12H,6H2,1-5H3. The lowest BCUT2D eigenvalue weighted by molar-refractivity contribution is -0.145. The van der Waals surface area contributed by atoms with Crippen molar-refractivity contribution in [3.8, 4) is 0 Å². The Balaban J connectivity index is 4.20. The zero-order chi connectivity index (χ0) is 11.4. The summed E-state index contributed by atoms with van der Waals surface area (Å²) in [6.07, 6.45) is 0. The van der Waals surface area contributed by atoms with E-state index in [-0.39, 0.29) is 30.1 Å². The molecule has 0 aromatic rings. The Morgan fingerprint density at radius 3 is 2.36 bits per heavy atom.